The molecule has 114 valence electrons. The topological polar surface area (TPSA) is 75.3 Å². The highest BCUT2D eigenvalue weighted by molar-refractivity contribution is 5.56. The zero-order valence-electron chi connectivity index (χ0n) is 9.68. The lowest BCUT2D eigenvalue weighted by atomic mass is 9.85. The quantitative estimate of drug-likeness (QED) is 0.493. The minimum Gasteiger partial charge on any atom is -0.382 e. The summed E-state index contributed by atoms with van der Waals surface area (Å²) in [7, 11) is 0. The van der Waals surface area contributed by atoms with Gasteiger partial charge in [-0.2, -0.15) is 26.3 Å². The number of aliphatic hydroxyl groups is 1. The Morgan fingerprint density at radius 1 is 1.26 bits per heavy atom. The molecule has 0 spiro atoms. The molecule has 1 heterocycles. The van der Waals surface area contributed by atoms with E-state index in [-0.39, 0.29) is 13.0 Å². The number of hydrogen-bond acceptors (Lipinski definition) is 4. The fourth-order valence-corrected chi connectivity index (χ4v) is 1.51. The normalized spacial score (nSPS) is 26.1. The number of aldehydes is 1. The molecule has 0 radical (unpaired) electrons. The SMILES string of the molecule is NC1(C(O)C(F)(F)F)CCCNC1.O=CC(F)(F)F. The molecule has 0 amide bonds. The summed E-state index contributed by atoms with van der Waals surface area (Å²) in [4.78, 5) is 8.70. The zero-order valence-corrected chi connectivity index (χ0v) is 9.68. The second kappa shape index (κ2) is 6.53. The molecule has 2 unspecified atom stereocenters. The van der Waals surface area contributed by atoms with Gasteiger partial charge in [-0.15, -0.1) is 0 Å². The third kappa shape index (κ3) is 6.73. The van der Waals surface area contributed by atoms with Gasteiger partial charge < -0.3 is 16.2 Å². The van der Waals surface area contributed by atoms with Crippen LogP contribution in [-0.2, 0) is 4.79 Å². The molecular weight excluding hydrogens is 282 g/mol. The van der Waals surface area contributed by atoms with Gasteiger partial charge >= 0.3 is 12.4 Å². The standard InChI is InChI=1S/C7H13F3N2O.C2HF3O/c8-7(9,10)5(13)6(11)2-1-3-12-4-6;3-2(4,5)1-6/h5,12-13H,1-4,11H2;1H. The van der Waals surface area contributed by atoms with Crippen molar-refractivity contribution in [2.75, 3.05) is 13.1 Å². The van der Waals surface area contributed by atoms with Crippen LogP contribution in [0.1, 0.15) is 12.8 Å². The molecule has 19 heavy (non-hydrogen) atoms. The second-order valence-electron chi connectivity index (χ2n) is 4.12. The number of hydrogen-bond donors (Lipinski definition) is 3. The van der Waals surface area contributed by atoms with Crippen LogP contribution >= 0.6 is 0 Å². The number of alkyl halides is 6. The average Bonchev–Trinajstić information content (AvgIpc) is 2.28. The fraction of sp³-hybridized carbons (Fsp3) is 0.889. The van der Waals surface area contributed by atoms with Crippen LogP contribution in [0.15, 0.2) is 0 Å². The van der Waals surface area contributed by atoms with Gasteiger partial charge in [0.05, 0.1) is 5.54 Å². The van der Waals surface area contributed by atoms with Gasteiger partial charge in [0.2, 0.25) is 6.29 Å². The second-order valence-corrected chi connectivity index (χ2v) is 4.12. The van der Waals surface area contributed by atoms with Crippen LogP contribution in [0.25, 0.3) is 0 Å². The predicted octanol–water partition coefficient (Wildman–Crippen LogP) is 0.738. The molecule has 1 fully saturated rings. The molecule has 0 saturated carbocycles. The summed E-state index contributed by atoms with van der Waals surface area (Å²) in [5, 5.41) is 11.7. The third-order valence-corrected chi connectivity index (χ3v) is 2.44. The summed E-state index contributed by atoms with van der Waals surface area (Å²) >= 11 is 0. The molecule has 4 nitrogen and oxygen atoms in total. The Balaban J connectivity index is 0.000000459. The predicted molar refractivity (Wildman–Crippen MR) is 53.2 cm³/mol. The number of nitrogens with two attached hydrogens (primary N) is 1. The van der Waals surface area contributed by atoms with Crippen molar-refractivity contribution >= 4 is 6.29 Å². The lowest BCUT2D eigenvalue weighted by Crippen LogP contribution is -2.64. The van der Waals surface area contributed by atoms with E-state index >= 15 is 0 Å². The molecule has 2 atom stereocenters. The molecule has 1 aliphatic heterocycles. The Kier molecular flexibility index (Phi) is 6.23. The lowest BCUT2D eigenvalue weighted by molar-refractivity contribution is -0.224. The van der Waals surface area contributed by atoms with Crippen LogP contribution in [-0.4, -0.2) is 48.5 Å². The molecule has 10 heteroatoms. The van der Waals surface area contributed by atoms with Crippen LogP contribution in [0.3, 0.4) is 0 Å². The molecular formula is C9H14F6N2O2. The Bertz CT molecular complexity index is 285. The third-order valence-electron chi connectivity index (χ3n) is 2.44. The van der Waals surface area contributed by atoms with E-state index < -0.39 is 30.3 Å². The van der Waals surface area contributed by atoms with E-state index in [4.69, 9.17) is 15.6 Å². The first-order chi connectivity index (χ1) is 8.42. The van der Waals surface area contributed by atoms with E-state index in [1.807, 2.05) is 0 Å². The monoisotopic (exact) mass is 296 g/mol. The Hall–Kier alpha value is -0.870. The minimum atomic E-state index is -4.64. The number of nitrogens with one attached hydrogen (secondary N) is 1. The lowest BCUT2D eigenvalue weighted by Gasteiger charge is -2.38. The zero-order chi connectivity index (χ0) is 15.3. The first-order valence-corrected chi connectivity index (χ1v) is 5.20. The van der Waals surface area contributed by atoms with Crippen LogP contribution in [0.2, 0.25) is 0 Å². The molecule has 1 saturated heterocycles. The van der Waals surface area contributed by atoms with Gasteiger partial charge in [-0.3, -0.25) is 4.79 Å². The highest BCUT2D eigenvalue weighted by atomic mass is 19.4. The Morgan fingerprint density at radius 2 is 1.74 bits per heavy atom. The largest absolute Gasteiger partial charge is 0.446 e. The summed E-state index contributed by atoms with van der Waals surface area (Å²) in [6.07, 6.45) is -12.0. The van der Waals surface area contributed by atoms with Crippen molar-refractivity contribution in [2.24, 2.45) is 5.73 Å². The Morgan fingerprint density at radius 3 is 2.00 bits per heavy atom. The highest BCUT2D eigenvalue weighted by Gasteiger charge is 2.51. The first-order valence-electron chi connectivity index (χ1n) is 5.20. The van der Waals surface area contributed by atoms with Gasteiger partial charge in [0.25, 0.3) is 0 Å². The van der Waals surface area contributed by atoms with E-state index in [2.05, 4.69) is 5.32 Å². The van der Waals surface area contributed by atoms with Crippen LogP contribution in [0.4, 0.5) is 26.3 Å². The summed E-state index contributed by atoms with van der Waals surface area (Å²) in [6, 6.07) is 0. The molecule has 0 aromatic rings. The number of piperidine rings is 1. The first kappa shape index (κ1) is 18.1. The maximum absolute atomic E-state index is 12.1. The van der Waals surface area contributed by atoms with E-state index in [1.54, 1.807) is 0 Å². The smallest absolute Gasteiger partial charge is 0.382 e. The van der Waals surface area contributed by atoms with Gasteiger partial charge in [0.15, 0.2) is 6.10 Å². The summed E-state index contributed by atoms with van der Waals surface area (Å²) < 4.78 is 67.6. The molecule has 4 N–H and O–H groups in total. The summed E-state index contributed by atoms with van der Waals surface area (Å²) in [6.45, 7) is 0.664. The van der Waals surface area contributed by atoms with Crippen molar-refractivity contribution in [3.05, 3.63) is 0 Å². The maximum Gasteiger partial charge on any atom is 0.446 e. The van der Waals surface area contributed by atoms with Gasteiger partial charge in [0.1, 0.15) is 0 Å². The number of carbonyl (C=O) groups excluding carboxylic acids is 1. The number of aliphatic hydroxyl groups excluding tert-OH is 1. The van der Waals surface area contributed by atoms with Crippen molar-refractivity contribution < 1.29 is 36.2 Å². The van der Waals surface area contributed by atoms with Crippen molar-refractivity contribution in [1.29, 1.82) is 0 Å². The van der Waals surface area contributed by atoms with Crippen LogP contribution < -0.4 is 11.1 Å². The summed E-state index contributed by atoms with van der Waals surface area (Å²) in [5.41, 5.74) is 3.90. The molecule has 0 aliphatic carbocycles. The Labute approximate surface area is 104 Å². The van der Waals surface area contributed by atoms with E-state index in [0.29, 0.717) is 13.0 Å². The van der Waals surface area contributed by atoms with Gasteiger partial charge in [-0.25, -0.2) is 0 Å². The number of halogens is 6. The van der Waals surface area contributed by atoms with Crippen molar-refractivity contribution in [3.63, 3.8) is 0 Å². The average molecular weight is 296 g/mol. The summed E-state index contributed by atoms with van der Waals surface area (Å²) in [5.74, 6) is 0. The molecule has 0 aromatic carbocycles. The fourth-order valence-electron chi connectivity index (χ4n) is 1.51. The van der Waals surface area contributed by atoms with Gasteiger partial charge in [-0.1, -0.05) is 0 Å². The number of rotatable bonds is 1. The maximum atomic E-state index is 12.1. The van der Waals surface area contributed by atoms with Gasteiger partial charge in [-0.05, 0) is 19.4 Å². The van der Waals surface area contributed by atoms with Crippen LogP contribution in [0.5, 0.6) is 0 Å². The molecule has 0 aromatic heterocycles. The molecule has 0 bridgehead atoms. The van der Waals surface area contributed by atoms with E-state index in [0.717, 1.165) is 0 Å². The van der Waals surface area contributed by atoms with Gasteiger partial charge in [0, 0.05) is 6.54 Å². The minimum absolute atomic E-state index is 0.00762. The highest BCUT2D eigenvalue weighted by Crippen LogP contribution is 2.30. The molecule has 1 rings (SSSR count). The van der Waals surface area contributed by atoms with E-state index in [9.17, 15) is 26.3 Å². The van der Waals surface area contributed by atoms with Crippen molar-refractivity contribution in [2.45, 2.75) is 36.8 Å². The number of carbonyl (C=O) groups is 1. The van der Waals surface area contributed by atoms with E-state index in [1.165, 1.54) is 0 Å². The van der Waals surface area contributed by atoms with Crippen molar-refractivity contribution in [3.8, 4) is 0 Å². The molecule has 1 aliphatic rings. The van der Waals surface area contributed by atoms with Crippen molar-refractivity contribution in [1.82, 2.24) is 5.32 Å². The van der Waals surface area contributed by atoms with Crippen LogP contribution in [0, 0.1) is 0 Å².